The van der Waals surface area contributed by atoms with Gasteiger partial charge in [0, 0.05) is 55.4 Å². The molecule has 1 aliphatic rings. The van der Waals surface area contributed by atoms with Gasteiger partial charge < -0.3 is 36.2 Å². The molecule has 0 radical (unpaired) electrons. The van der Waals surface area contributed by atoms with E-state index in [-0.39, 0.29) is 5.82 Å². The maximum absolute atomic E-state index is 13.4. The Bertz CT molecular complexity index is 1380. The van der Waals surface area contributed by atoms with Crippen LogP contribution in [0.25, 0.3) is 5.52 Å². The van der Waals surface area contributed by atoms with Crippen molar-refractivity contribution in [2.45, 2.75) is 13.5 Å². The van der Waals surface area contributed by atoms with E-state index in [4.69, 9.17) is 14.9 Å². The van der Waals surface area contributed by atoms with E-state index in [1.807, 2.05) is 44.4 Å². The number of rotatable bonds is 8. The van der Waals surface area contributed by atoms with Crippen LogP contribution < -0.4 is 21.3 Å². The molecule has 12 heteroatoms. The van der Waals surface area contributed by atoms with E-state index < -0.39 is 0 Å². The van der Waals surface area contributed by atoms with Gasteiger partial charge in [-0.15, -0.1) is 0 Å². The number of fused-ring (bicyclic) bond motifs is 1. The molecule has 1 aliphatic heterocycles. The number of carbonyl (C=O) groups excluding carboxylic acids is 1. The summed E-state index contributed by atoms with van der Waals surface area (Å²) in [5, 5.41) is 25.0. The van der Waals surface area contributed by atoms with Crippen molar-refractivity contribution in [2.75, 3.05) is 56.4 Å². The van der Waals surface area contributed by atoms with Crippen LogP contribution in [0, 0.1) is 18.2 Å². The standard InChI is InChI=1S/C22H22FN7.C4H9NO.C2H4O2/c1-14-20(25-2)12-30-21(14)22(27-13-28-30)29-18-6-7-19(16(9-18)10-24)26-11-15-4-3-5-17(23)8-15;1-3-6-4-2-5-1;1-4-2-3/h3-10,12-13,24-26H,11H2,1-2H3,(H,27,28,29);5H,1-4H2;2H,1H3. The molecule has 2 aromatic heterocycles. The smallest absolute Gasteiger partial charge is 0.292 e. The summed E-state index contributed by atoms with van der Waals surface area (Å²) >= 11 is 0. The maximum atomic E-state index is 13.4. The van der Waals surface area contributed by atoms with Crippen molar-refractivity contribution >= 4 is 41.1 Å². The highest BCUT2D eigenvalue weighted by Crippen LogP contribution is 2.29. The van der Waals surface area contributed by atoms with Gasteiger partial charge in [-0.05, 0) is 42.8 Å². The number of hydrogen-bond acceptors (Lipinski definition) is 10. The molecule has 2 aromatic carbocycles. The topological polar surface area (TPSA) is 138 Å². The summed E-state index contributed by atoms with van der Waals surface area (Å²) < 4.78 is 24.0. The number of hydrogen-bond donors (Lipinski definition) is 5. The van der Waals surface area contributed by atoms with E-state index in [1.54, 1.807) is 10.6 Å². The van der Waals surface area contributed by atoms with Crippen molar-refractivity contribution in [3.05, 3.63) is 77.5 Å². The van der Waals surface area contributed by atoms with Gasteiger partial charge in [-0.2, -0.15) is 5.10 Å². The molecular formula is C28H35FN8O3. The molecule has 0 atom stereocenters. The summed E-state index contributed by atoms with van der Waals surface area (Å²) in [5.41, 5.74) is 6.05. The molecule has 5 rings (SSSR count). The molecule has 0 saturated carbocycles. The normalized spacial score (nSPS) is 12.2. The Morgan fingerprint density at radius 2 is 1.98 bits per heavy atom. The molecule has 1 saturated heterocycles. The summed E-state index contributed by atoms with van der Waals surface area (Å²) in [6.07, 6.45) is 4.71. The Morgan fingerprint density at radius 1 is 1.20 bits per heavy atom. The zero-order valence-electron chi connectivity index (χ0n) is 22.8. The van der Waals surface area contributed by atoms with Crippen LogP contribution >= 0.6 is 0 Å². The summed E-state index contributed by atoms with van der Waals surface area (Å²) in [5.74, 6) is 0.416. The third kappa shape index (κ3) is 8.48. The predicted octanol–water partition coefficient (Wildman–Crippen LogP) is 3.97. The first-order chi connectivity index (χ1) is 19.5. The minimum atomic E-state index is -0.264. The van der Waals surface area contributed by atoms with E-state index in [1.165, 1.54) is 31.8 Å². The van der Waals surface area contributed by atoms with Gasteiger partial charge in [-0.1, -0.05) is 12.1 Å². The van der Waals surface area contributed by atoms with E-state index in [9.17, 15) is 4.39 Å². The Kier molecular flexibility index (Phi) is 11.8. The number of morpholine rings is 1. The number of nitrogens with one attached hydrogen (secondary N) is 5. The summed E-state index contributed by atoms with van der Waals surface area (Å²) in [6.45, 7) is 6.69. The van der Waals surface area contributed by atoms with Crippen LogP contribution in [0.2, 0.25) is 0 Å². The van der Waals surface area contributed by atoms with Crippen LogP contribution in [0.5, 0.6) is 0 Å². The number of aryl methyl sites for hydroxylation is 1. The largest absolute Gasteiger partial charge is 0.471 e. The lowest BCUT2D eigenvalue weighted by Gasteiger charge is -2.13. The third-order valence-electron chi connectivity index (χ3n) is 5.88. The predicted molar refractivity (Wildman–Crippen MR) is 155 cm³/mol. The molecule has 0 spiro atoms. The van der Waals surface area contributed by atoms with Gasteiger partial charge in [0.25, 0.3) is 6.47 Å². The molecule has 0 amide bonds. The molecule has 212 valence electrons. The first-order valence-corrected chi connectivity index (χ1v) is 12.7. The van der Waals surface area contributed by atoms with Gasteiger partial charge in [-0.25, -0.2) is 13.9 Å². The van der Waals surface area contributed by atoms with Crippen LogP contribution in [0.3, 0.4) is 0 Å². The lowest BCUT2D eigenvalue weighted by atomic mass is 10.1. The average Bonchev–Trinajstić information content (AvgIpc) is 3.34. The molecule has 0 bridgehead atoms. The monoisotopic (exact) mass is 550 g/mol. The summed E-state index contributed by atoms with van der Waals surface area (Å²) in [4.78, 5) is 13.3. The van der Waals surface area contributed by atoms with Gasteiger partial charge in [0.05, 0.1) is 32.2 Å². The van der Waals surface area contributed by atoms with Gasteiger partial charge in [0.15, 0.2) is 5.82 Å². The van der Waals surface area contributed by atoms with Crippen molar-refractivity contribution in [1.82, 2.24) is 19.9 Å². The van der Waals surface area contributed by atoms with Crippen LogP contribution in [-0.4, -0.2) is 67.7 Å². The Hall–Kier alpha value is -4.55. The SMILES string of the molecule is C1COCCN1.CNc1cn2ncnc(Nc3ccc(NCc4cccc(F)c4)c(C=N)c3)c2c1C.COC=O. The van der Waals surface area contributed by atoms with Crippen LogP contribution in [-0.2, 0) is 20.8 Å². The van der Waals surface area contributed by atoms with Crippen molar-refractivity contribution in [1.29, 1.82) is 5.41 Å². The van der Waals surface area contributed by atoms with Crippen molar-refractivity contribution in [2.24, 2.45) is 0 Å². The summed E-state index contributed by atoms with van der Waals surface area (Å²) in [7, 11) is 3.18. The number of carbonyl (C=O) groups is 1. The van der Waals surface area contributed by atoms with Gasteiger partial charge in [-0.3, -0.25) is 4.79 Å². The molecule has 40 heavy (non-hydrogen) atoms. The molecule has 3 heterocycles. The lowest BCUT2D eigenvalue weighted by Crippen LogP contribution is -2.30. The van der Waals surface area contributed by atoms with Crippen LogP contribution in [0.4, 0.5) is 27.3 Å². The minimum absolute atomic E-state index is 0.264. The van der Waals surface area contributed by atoms with E-state index in [0.29, 0.717) is 24.4 Å². The third-order valence-corrected chi connectivity index (χ3v) is 5.88. The minimum Gasteiger partial charge on any atom is -0.471 e. The molecule has 0 unspecified atom stereocenters. The molecule has 11 nitrogen and oxygen atoms in total. The molecule has 1 fully saturated rings. The number of methoxy groups -OCH3 is 1. The van der Waals surface area contributed by atoms with Gasteiger partial charge >= 0.3 is 0 Å². The maximum Gasteiger partial charge on any atom is 0.292 e. The fourth-order valence-electron chi connectivity index (χ4n) is 3.92. The Balaban J connectivity index is 0.000000374. The molecule has 5 N–H and O–H groups in total. The molecular weight excluding hydrogens is 515 g/mol. The number of benzene rings is 2. The number of nitrogens with zero attached hydrogens (tertiary/aromatic N) is 3. The van der Waals surface area contributed by atoms with Gasteiger partial charge in [0.2, 0.25) is 0 Å². The number of anilines is 4. The Morgan fingerprint density at radius 3 is 2.58 bits per heavy atom. The van der Waals surface area contributed by atoms with E-state index >= 15 is 0 Å². The lowest BCUT2D eigenvalue weighted by molar-refractivity contribution is -0.126. The zero-order chi connectivity index (χ0) is 28.7. The fraction of sp³-hybridized carbons (Fsp3) is 0.286. The van der Waals surface area contributed by atoms with Crippen LogP contribution in [0.15, 0.2) is 55.0 Å². The van der Waals surface area contributed by atoms with Crippen molar-refractivity contribution < 1.29 is 18.7 Å². The van der Waals surface area contributed by atoms with Gasteiger partial charge in [0.1, 0.15) is 17.7 Å². The zero-order valence-corrected chi connectivity index (χ0v) is 22.8. The Labute approximate surface area is 232 Å². The van der Waals surface area contributed by atoms with E-state index in [2.05, 4.69) is 36.1 Å². The average molecular weight is 551 g/mol. The second-order valence-corrected chi connectivity index (χ2v) is 8.57. The molecule has 0 aliphatic carbocycles. The number of aromatic nitrogens is 3. The van der Waals surface area contributed by atoms with E-state index in [0.717, 1.165) is 60.0 Å². The molecule has 4 aromatic rings. The van der Waals surface area contributed by atoms with Crippen molar-refractivity contribution in [3.8, 4) is 0 Å². The highest BCUT2D eigenvalue weighted by molar-refractivity contribution is 5.89. The van der Waals surface area contributed by atoms with Crippen LogP contribution in [0.1, 0.15) is 16.7 Å². The second kappa shape index (κ2) is 15.8. The highest BCUT2D eigenvalue weighted by Gasteiger charge is 2.12. The van der Waals surface area contributed by atoms with Crippen molar-refractivity contribution in [3.63, 3.8) is 0 Å². The first-order valence-electron chi connectivity index (χ1n) is 12.7. The highest BCUT2D eigenvalue weighted by atomic mass is 19.1. The quantitative estimate of drug-likeness (QED) is 0.163. The number of halogens is 1. The first kappa shape index (κ1) is 30.0. The fourth-order valence-corrected chi connectivity index (χ4v) is 3.92. The second-order valence-electron chi connectivity index (χ2n) is 8.57. The number of ether oxygens (including phenoxy) is 2. The summed E-state index contributed by atoms with van der Waals surface area (Å²) in [6, 6.07) is 12.1.